The Bertz CT molecular complexity index is 632. The summed E-state index contributed by atoms with van der Waals surface area (Å²) in [6.07, 6.45) is -1.53. The lowest BCUT2D eigenvalue weighted by Gasteiger charge is -2.25. The molecule has 1 N–H and O–H groups in total. The van der Waals surface area contributed by atoms with Gasteiger partial charge in [-0.2, -0.15) is 0 Å². The van der Waals surface area contributed by atoms with Crippen molar-refractivity contribution in [2.75, 3.05) is 6.61 Å². The molecule has 2 aromatic rings. The van der Waals surface area contributed by atoms with E-state index >= 15 is 0 Å². The van der Waals surface area contributed by atoms with Crippen molar-refractivity contribution in [2.45, 2.75) is 38.6 Å². The predicted molar refractivity (Wildman–Crippen MR) is 92.4 cm³/mol. The van der Waals surface area contributed by atoms with E-state index in [0.717, 1.165) is 11.1 Å². The molecule has 0 aliphatic rings. The topological polar surface area (TPSA) is 55.8 Å². The summed E-state index contributed by atoms with van der Waals surface area (Å²) in [6.45, 7) is 5.19. The quantitative estimate of drug-likeness (QED) is 0.819. The third-order valence-electron chi connectivity index (χ3n) is 3.36. The lowest BCUT2D eigenvalue weighted by Crippen LogP contribution is -2.28. The molecule has 2 rings (SSSR count). The van der Waals surface area contributed by atoms with Crippen LogP contribution >= 0.6 is 0 Å². The molecule has 0 saturated heterocycles. The summed E-state index contributed by atoms with van der Waals surface area (Å²) in [5.41, 5.74) is 0.966. The van der Waals surface area contributed by atoms with Gasteiger partial charge in [-0.25, -0.2) is 4.79 Å². The van der Waals surface area contributed by atoms with Crippen LogP contribution in [0.4, 0.5) is 0 Å². The summed E-state index contributed by atoms with van der Waals surface area (Å²) in [4.78, 5) is 11.9. The molecule has 2 aromatic carbocycles. The Morgan fingerprint density at radius 1 is 0.958 bits per heavy atom. The second kappa shape index (κ2) is 8.08. The van der Waals surface area contributed by atoms with Gasteiger partial charge in [0.1, 0.15) is 24.4 Å². The first-order chi connectivity index (χ1) is 11.4. The van der Waals surface area contributed by atoms with Crippen LogP contribution in [-0.2, 0) is 14.3 Å². The lowest BCUT2D eigenvalue weighted by atomic mass is 9.98. The van der Waals surface area contributed by atoms with Gasteiger partial charge in [0.05, 0.1) is 0 Å². The van der Waals surface area contributed by atoms with E-state index in [4.69, 9.17) is 9.47 Å². The van der Waals surface area contributed by atoms with E-state index in [2.05, 4.69) is 0 Å². The maximum absolute atomic E-state index is 11.9. The molecule has 4 heteroatoms. The first-order valence-electron chi connectivity index (χ1n) is 7.98. The van der Waals surface area contributed by atoms with Gasteiger partial charge in [-0.3, -0.25) is 0 Å². The predicted octanol–water partition coefficient (Wildman–Crippen LogP) is 3.82. The standard InChI is InChI=1S/C20H24O4/c1-20(2,3)24-17(21)14-23-19(16-12-8-5-9-13-16)18(22)15-10-6-4-7-11-15/h4-13,18-19,22H,14H2,1-3H3/t18-,19+/m0/s1. The van der Waals surface area contributed by atoms with Crippen LogP contribution < -0.4 is 0 Å². The Morgan fingerprint density at radius 3 is 1.96 bits per heavy atom. The van der Waals surface area contributed by atoms with E-state index in [1.165, 1.54) is 0 Å². The Balaban J connectivity index is 2.14. The van der Waals surface area contributed by atoms with Crippen molar-refractivity contribution >= 4 is 5.97 Å². The van der Waals surface area contributed by atoms with E-state index in [1.807, 2.05) is 60.7 Å². The third kappa shape index (κ3) is 5.48. The number of aliphatic hydroxyl groups excluding tert-OH is 1. The molecule has 0 saturated carbocycles. The van der Waals surface area contributed by atoms with Crippen LogP contribution in [0, 0.1) is 0 Å². The van der Waals surface area contributed by atoms with E-state index in [-0.39, 0.29) is 6.61 Å². The van der Waals surface area contributed by atoms with Gasteiger partial charge >= 0.3 is 5.97 Å². The highest BCUT2D eigenvalue weighted by molar-refractivity contribution is 5.71. The number of hydrogen-bond acceptors (Lipinski definition) is 4. The van der Waals surface area contributed by atoms with E-state index in [1.54, 1.807) is 20.8 Å². The number of benzene rings is 2. The molecule has 0 bridgehead atoms. The zero-order valence-electron chi connectivity index (χ0n) is 14.3. The van der Waals surface area contributed by atoms with Gasteiger partial charge in [0.15, 0.2) is 0 Å². The minimum Gasteiger partial charge on any atom is -0.458 e. The fraction of sp³-hybridized carbons (Fsp3) is 0.350. The van der Waals surface area contributed by atoms with Crippen molar-refractivity contribution in [3.8, 4) is 0 Å². The van der Waals surface area contributed by atoms with Gasteiger partial charge in [0.2, 0.25) is 0 Å². The molecule has 0 aliphatic heterocycles. The summed E-state index contributed by atoms with van der Waals surface area (Å²) in [5.74, 6) is -0.455. The van der Waals surface area contributed by atoms with Crippen LogP contribution in [-0.4, -0.2) is 23.3 Å². The van der Waals surface area contributed by atoms with E-state index in [9.17, 15) is 9.90 Å². The zero-order chi connectivity index (χ0) is 17.6. The second-order valence-corrected chi connectivity index (χ2v) is 6.58. The van der Waals surface area contributed by atoms with Crippen LogP contribution in [0.25, 0.3) is 0 Å². The summed E-state index contributed by atoms with van der Waals surface area (Å²) in [7, 11) is 0. The highest BCUT2D eigenvalue weighted by Crippen LogP contribution is 2.32. The maximum Gasteiger partial charge on any atom is 0.332 e. The number of aliphatic hydroxyl groups is 1. The van der Waals surface area contributed by atoms with Gasteiger partial charge in [-0.05, 0) is 31.9 Å². The molecule has 0 aromatic heterocycles. The summed E-state index contributed by atoms with van der Waals surface area (Å²) < 4.78 is 11.0. The number of hydrogen-bond donors (Lipinski definition) is 1. The summed E-state index contributed by atoms with van der Waals surface area (Å²) >= 11 is 0. The molecule has 0 radical (unpaired) electrons. The molecule has 0 spiro atoms. The number of carbonyl (C=O) groups is 1. The molecule has 24 heavy (non-hydrogen) atoms. The Labute approximate surface area is 143 Å². The first kappa shape index (κ1) is 18.2. The van der Waals surface area contributed by atoms with Gasteiger partial charge in [0.25, 0.3) is 0 Å². The van der Waals surface area contributed by atoms with E-state index < -0.39 is 23.8 Å². The van der Waals surface area contributed by atoms with E-state index in [0.29, 0.717) is 0 Å². The van der Waals surface area contributed by atoms with Crippen molar-refractivity contribution in [1.29, 1.82) is 0 Å². The number of carbonyl (C=O) groups excluding carboxylic acids is 1. The Kier molecular flexibility index (Phi) is 6.12. The zero-order valence-corrected chi connectivity index (χ0v) is 14.3. The van der Waals surface area contributed by atoms with Crippen LogP contribution in [0.15, 0.2) is 60.7 Å². The second-order valence-electron chi connectivity index (χ2n) is 6.58. The Morgan fingerprint density at radius 2 is 1.46 bits per heavy atom. The molecular formula is C20H24O4. The van der Waals surface area contributed by atoms with Gasteiger partial charge in [-0.1, -0.05) is 60.7 Å². The maximum atomic E-state index is 11.9. The minimum absolute atomic E-state index is 0.222. The molecule has 0 aliphatic carbocycles. The summed E-state index contributed by atoms with van der Waals surface area (Å²) in [5, 5.41) is 10.7. The van der Waals surface area contributed by atoms with Crippen molar-refractivity contribution < 1.29 is 19.4 Å². The van der Waals surface area contributed by atoms with Gasteiger partial charge < -0.3 is 14.6 Å². The third-order valence-corrected chi connectivity index (χ3v) is 3.36. The van der Waals surface area contributed by atoms with Crippen LogP contribution in [0.2, 0.25) is 0 Å². The average Bonchev–Trinajstić information content (AvgIpc) is 2.55. The van der Waals surface area contributed by atoms with Crippen molar-refractivity contribution in [3.63, 3.8) is 0 Å². The molecule has 0 unspecified atom stereocenters. The molecule has 2 atom stereocenters. The largest absolute Gasteiger partial charge is 0.458 e. The fourth-order valence-electron chi connectivity index (χ4n) is 2.37. The van der Waals surface area contributed by atoms with Gasteiger partial charge in [0, 0.05) is 0 Å². The number of ether oxygens (including phenoxy) is 2. The van der Waals surface area contributed by atoms with Crippen LogP contribution in [0.5, 0.6) is 0 Å². The fourth-order valence-corrected chi connectivity index (χ4v) is 2.37. The number of esters is 1. The monoisotopic (exact) mass is 328 g/mol. The van der Waals surface area contributed by atoms with Crippen molar-refractivity contribution in [2.24, 2.45) is 0 Å². The minimum atomic E-state index is -0.879. The SMILES string of the molecule is CC(C)(C)OC(=O)CO[C@H](c1ccccc1)[C@@H](O)c1ccccc1. The highest BCUT2D eigenvalue weighted by atomic mass is 16.6. The normalized spacial score (nSPS) is 14.0. The smallest absolute Gasteiger partial charge is 0.332 e. The Hall–Kier alpha value is -2.17. The molecule has 0 amide bonds. The van der Waals surface area contributed by atoms with Crippen molar-refractivity contribution in [1.82, 2.24) is 0 Å². The molecule has 128 valence electrons. The molecular weight excluding hydrogens is 304 g/mol. The molecule has 0 heterocycles. The van der Waals surface area contributed by atoms with Gasteiger partial charge in [-0.15, -0.1) is 0 Å². The van der Waals surface area contributed by atoms with Crippen molar-refractivity contribution in [3.05, 3.63) is 71.8 Å². The number of rotatable bonds is 6. The highest BCUT2D eigenvalue weighted by Gasteiger charge is 2.25. The molecule has 0 fully saturated rings. The van der Waals surface area contributed by atoms with Crippen LogP contribution in [0.3, 0.4) is 0 Å². The summed E-state index contributed by atoms with van der Waals surface area (Å²) in [6, 6.07) is 18.6. The lowest BCUT2D eigenvalue weighted by molar-refractivity contribution is -0.165. The average molecular weight is 328 g/mol. The first-order valence-corrected chi connectivity index (χ1v) is 7.98. The van der Waals surface area contributed by atoms with Crippen LogP contribution in [0.1, 0.15) is 44.1 Å². The molecule has 4 nitrogen and oxygen atoms in total.